The standard InChI is InChI=1S/C30H39BrN6OS/c1-18(17-37-22-11-9-8-10-20(22)33-28(37)38)36-14-12-19(13-15-36)26-35-24(25(31)39-26)21-16-23(29(2,3)4)34-27(32-21)30(5,6)7/h8-11,16,18-19H,12-15,17H2,1-7H3,(H,33,38). The van der Waals surface area contributed by atoms with Gasteiger partial charge in [-0.2, -0.15) is 0 Å². The van der Waals surface area contributed by atoms with E-state index >= 15 is 0 Å². The molecule has 1 N–H and O–H groups in total. The highest BCUT2D eigenvalue weighted by Crippen LogP contribution is 2.40. The van der Waals surface area contributed by atoms with Gasteiger partial charge in [-0.3, -0.25) is 9.47 Å². The first-order valence-corrected chi connectivity index (χ1v) is 15.4. The molecule has 1 fully saturated rings. The number of H-pyrrole nitrogens is 1. The summed E-state index contributed by atoms with van der Waals surface area (Å²) in [5.41, 5.74) is 4.45. The van der Waals surface area contributed by atoms with Crippen LogP contribution in [0.4, 0.5) is 0 Å². The summed E-state index contributed by atoms with van der Waals surface area (Å²) >= 11 is 5.55. The number of benzene rings is 1. The fraction of sp³-hybridized carbons (Fsp3) is 0.533. The zero-order valence-corrected chi connectivity index (χ0v) is 26.4. The fourth-order valence-electron chi connectivity index (χ4n) is 5.19. The van der Waals surface area contributed by atoms with Crippen LogP contribution in [-0.4, -0.2) is 48.5 Å². The van der Waals surface area contributed by atoms with Crippen LogP contribution in [0.15, 0.2) is 38.9 Å². The maximum Gasteiger partial charge on any atom is 0.326 e. The molecule has 1 saturated heterocycles. The van der Waals surface area contributed by atoms with Gasteiger partial charge in [0.1, 0.15) is 11.5 Å². The third kappa shape index (κ3) is 5.91. The second-order valence-electron chi connectivity index (χ2n) is 12.9. The average molecular weight is 612 g/mol. The molecule has 1 aliphatic heterocycles. The number of halogens is 1. The number of hydrogen-bond acceptors (Lipinski definition) is 6. The minimum Gasteiger partial charge on any atom is -0.306 e. The van der Waals surface area contributed by atoms with Gasteiger partial charge in [0.25, 0.3) is 0 Å². The lowest BCUT2D eigenvalue weighted by atomic mass is 9.89. The van der Waals surface area contributed by atoms with Gasteiger partial charge in [0.2, 0.25) is 0 Å². The number of likely N-dealkylation sites (tertiary alicyclic amines) is 1. The minimum absolute atomic E-state index is 0.0351. The van der Waals surface area contributed by atoms with E-state index in [0.717, 1.165) is 63.7 Å². The number of nitrogens with one attached hydrogen (secondary N) is 1. The van der Waals surface area contributed by atoms with E-state index in [1.165, 1.54) is 5.01 Å². The molecule has 0 aliphatic carbocycles. The van der Waals surface area contributed by atoms with Crippen molar-refractivity contribution in [1.29, 1.82) is 0 Å². The van der Waals surface area contributed by atoms with E-state index in [1.54, 1.807) is 11.3 Å². The lowest BCUT2D eigenvalue weighted by molar-refractivity contribution is 0.149. The monoisotopic (exact) mass is 610 g/mol. The van der Waals surface area contributed by atoms with Gasteiger partial charge < -0.3 is 4.98 Å². The first-order chi connectivity index (χ1) is 18.3. The van der Waals surface area contributed by atoms with Gasteiger partial charge >= 0.3 is 5.69 Å². The SMILES string of the molecule is CC(Cn1c(=O)[nH]c2ccccc21)N1CCC(c2nc(-c3cc(C(C)(C)C)nc(C(C)(C)C)n3)c(Br)s2)CC1. The number of thiazole rings is 1. The first kappa shape index (κ1) is 28.2. The Hall–Kier alpha value is -2.36. The molecule has 4 heterocycles. The van der Waals surface area contributed by atoms with E-state index in [-0.39, 0.29) is 22.6 Å². The van der Waals surface area contributed by atoms with Crippen LogP contribution in [0.2, 0.25) is 0 Å². The molecule has 1 atom stereocenters. The van der Waals surface area contributed by atoms with Crippen molar-refractivity contribution < 1.29 is 0 Å². The molecule has 1 unspecified atom stereocenters. The number of imidazole rings is 1. The summed E-state index contributed by atoms with van der Waals surface area (Å²) in [6.07, 6.45) is 2.10. The smallest absolute Gasteiger partial charge is 0.306 e. The zero-order chi connectivity index (χ0) is 28.1. The van der Waals surface area contributed by atoms with Crippen molar-refractivity contribution in [1.82, 2.24) is 29.4 Å². The van der Waals surface area contributed by atoms with Crippen LogP contribution in [0.1, 0.15) is 83.8 Å². The summed E-state index contributed by atoms with van der Waals surface area (Å²) in [7, 11) is 0. The Morgan fingerprint density at radius 1 is 1.05 bits per heavy atom. The van der Waals surface area contributed by atoms with Crippen molar-refractivity contribution in [3.63, 3.8) is 0 Å². The Balaban J connectivity index is 1.31. The van der Waals surface area contributed by atoms with Crippen LogP contribution in [0, 0.1) is 0 Å². The van der Waals surface area contributed by atoms with Crippen molar-refractivity contribution in [3.05, 3.63) is 61.1 Å². The quantitative estimate of drug-likeness (QED) is 0.267. The van der Waals surface area contributed by atoms with Gasteiger partial charge in [-0.05, 0) is 67.0 Å². The van der Waals surface area contributed by atoms with Crippen LogP contribution in [0.3, 0.4) is 0 Å². The molecule has 4 aromatic rings. The topological polar surface area (TPSA) is 79.7 Å². The van der Waals surface area contributed by atoms with Gasteiger partial charge in [0.05, 0.1) is 31.2 Å². The second-order valence-corrected chi connectivity index (χ2v) is 15.2. The molecule has 7 nitrogen and oxygen atoms in total. The predicted octanol–water partition coefficient (Wildman–Crippen LogP) is 6.87. The van der Waals surface area contributed by atoms with E-state index in [0.29, 0.717) is 12.5 Å². The molecule has 5 rings (SSSR count). The van der Waals surface area contributed by atoms with Crippen LogP contribution < -0.4 is 5.69 Å². The van der Waals surface area contributed by atoms with Gasteiger partial charge in [0.15, 0.2) is 0 Å². The highest BCUT2D eigenvalue weighted by Gasteiger charge is 2.29. The number of aromatic amines is 1. The molecule has 0 saturated carbocycles. The fourth-order valence-corrected chi connectivity index (χ4v) is 6.95. The van der Waals surface area contributed by atoms with Crippen LogP contribution >= 0.6 is 27.3 Å². The van der Waals surface area contributed by atoms with Crippen molar-refractivity contribution in [2.45, 2.75) is 90.6 Å². The molecular formula is C30H39BrN6OS. The van der Waals surface area contributed by atoms with E-state index in [1.807, 2.05) is 28.8 Å². The number of fused-ring (bicyclic) bond motifs is 1. The number of nitrogens with zero attached hydrogens (tertiary/aromatic N) is 5. The van der Waals surface area contributed by atoms with Crippen molar-refractivity contribution >= 4 is 38.3 Å². The molecule has 0 spiro atoms. The third-order valence-electron chi connectivity index (χ3n) is 7.64. The van der Waals surface area contributed by atoms with Crippen molar-refractivity contribution in [3.8, 4) is 11.4 Å². The first-order valence-electron chi connectivity index (χ1n) is 13.8. The molecule has 0 bridgehead atoms. The summed E-state index contributed by atoms with van der Waals surface area (Å²) in [4.78, 5) is 33.1. The molecule has 1 aromatic carbocycles. The average Bonchev–Trinajstić information content (AvgIpc) is 3.42. The Kier molecular flexibility index (Phi) is 7.63. The molecule has 1 aliphatic rings. The van der Waals surface area contributed by atoms with E-state index in [9.17, 15) is 4.79 Å². The van der Waals surface area contributed by atoms with Crippen molar-refractivity contribution in [2.24, 2.45) is 0 Å². The maximum atomic E-state index is 12.6. The van der Waals surface area contributed by atoms with Crippen LogP contribution in [0.25, 0.3) is 22.4 Å². The zero-order valence-electron chi connectivity index (χ0n) is 24.0. The number of para-hydroxylation sites is 2. The predicted molar refractivity (Wildman–Crippen MR) is 164 cm³/mol. The number of rotatable bonds is 5. The van der Waals surface area contributed by atoms with Gasteiger partial charge in [-0.15, -0.1) is 11.3 Å². The number of aromatic nitrogens is 5. The summed E-state index contributed by atoms with van der Waals surface area (Å²) in [6, 6.07) is 10.3. The van der Waals surface area contributed by atoms with E-state index in [2.05, 4.69) is 80.3 Å². The molecule has 0 radical (unpaired) electrons. The molecule has 0 amide bonds. The van der Waals surface area contributed by atoms with Crippen molar-refractivity contribution in [2.75, 3.05) is 13.1 Å². The molecule has 208 valence electrons. The normalized spacial score (nSPS) is 16.7. The highest BCUT2D eigenvalue weighted by molar-refractivity contribution is 9.11. The van der Waals surface area contributed by atoms with Gasteiger partial charge in [-0.25, -0.2) is 19.7 Å². The van der Waals surface area contributed by atoms with E-state index in [4.69, 9.17) is 15.0 Å². The molecular weight excluding hydrogens is 572 g/mol. The Bertz CT molecular complexity index is 1500. The largest absolute Gasteiger partial charge is 0.326 e. The maximum absolute atomic E-state index is 12.6. The van der Waals surface area contributed by atoms with Gasteiger partial charge in [0, 0.05) is 29.3 Å². The number of piperidine rings is 1. The summed E-state index contributed by atoms with van der Waals surface area (Å²) in [6.45, 7) is 17.9. The lowest BCUT2D eigenvalue weighted by Crippen LogP contribution is -2.42. The highest BCUT2D eigenvalue weighted by atomic mass is 79.9. The third-order valence-corrected chi connectivity index (χ3v) is 9.51. The Morgan fingerprint density at radius 3 is 2.41 bits per heavy atom. The molecule has 39 heavy (non-hydrogen) atoms. The Labute approximate surface area is 243 Å². The summed E-state index contributed by atoms with van der Waals surface area (Å²) < 4.78 is 2.90. The lowest BCUT2D eigenvalue weighted by Gasteiger charge is -2.35. The summed E-state index contributed by atoms with van der Waals surface area (Å²) in [5.74, 6) is 1.27. The summed E-state index contributed by atoms with van der Waals surface area (Å²) in [5, 5.41) is 1.17. The van der Waals surface area contributed by atoms with Gasteiger partial charge in [-0.1, -0.05) is 53.7 Å². The second kappa shape index (κ2) is 10.6. The van der Waals surface area contributed by atoms with Crippen LogP contribution in [-0.2, 0) is 17.4 Å². The molecule has 3 aromatic heterocycles. The molecule has 9 heteroatoms. The minimum atomic E-state index is -0.150. The van der Waals surface area contributed by atoms with E-state index < -0.39 is 0 Å². The number of hydrogen-bond donors (Lipinski definition) is 1. The van der Waals surface area contributed by atoms with Crippen LogP contribution in [0.5, 0.6) is 0 Å². The Morgan fingerprint density at radius 2 is 1.74 bits per heavy atom.